The molecule has 2 unspecified atom stereocenters. The van der Waals surface area contributed by atoms with Crippen LogP contribution in [0.25, 0.3) is 0 Å². The fourth-order valence-electron chi connectivity index (χ4n) is 2.29. The molecule has 2 aliphatic rings. The molecule has 2 rings (SSSR count). The third kappa shape index (κ3) is 2.81. The molecule has 5 heteroatoms. The molecular weight excluding hydrogens is 208 g/mol. The second kappa shape index (κ2) is 4.63. The lowest BCUT2D eigenvalue weighted by molar-refractivity contribution is -0.120. The van der Waals surface area contributed by atoms with Crippen molar-refractivity contribution in [1.29, 1.82) is 0 Å². The molecule has 2 heterocycles. The molecule has 0 bridgehead atoms. The average molecular weight is 224 g/mol. The Labute approximate surface area is 94.0 Å². The molecule has 2 N–H and O–H groups in total. The van der Waals surface area contributed by atoms with Crippen molar-refractivity contribution in [3.05, 3.63) is 0 Å². The van der Waals surface area contributed by atoms with Gasteiger partial charge >= 0.3 is 0 Å². The van der Waals surface area contributed by atoms with E-state index in [0.717, 1.165) is 12.8 Å². The maximum Gasteiger partial charge on any atom is 0.220 e. The Kier molecular flexibility index (Phi) is 3.22. The molecule has 0 aromatic heterocycles. The summed E-state index contributed by atoms with van der Waals surface area (Å²) in [4.78, 5) is 33.6. The summed E-state index contributed by atoms with van der Waals surface area (Å²) in [5.74, 6) is 0.193. The molecule has 0 aromatic rings. The molecular formula is C11H16N2O3. The van der Waals surface area contributed by atoms with Crippen LogP contribution in [0.5, 0.6) is 0 Å². The molecule has 2 amide bonds. The molecule has 2 saturated heterocycles. The smallest absolute Gasteiger partial charge is 0.220 e. The topological polar surface area (TPSA) is 75.3 Å². The molecule has 88 valence electrons. The number of carbonyl (C=O) groups is 3. The Morgan fingerprint density at radius 3 is 1.75 bits per heavy atom. The van der Waals surface area contributed by atoms with Gasteiger partial charge in [-0.2, -0.15) is 0 Å². The molecule has 2 aliphatic heterocycles. The summed E-state index contributed by atoms with van der Waals surface area (Å²) in [5.41, 5.74) is 0. The van der Waals surface area contributed by atoms with Gasteiger partial charge in [-0.3, -0.25) is 14.4 Å². The minimum Gasteiger partial charge on any atom is -0.353 e. The van der Waals surface area contributed by atoms with Crippen LogP contribution in [0.15, 0.2) is 0 Å². The Balaban J connectivity index is 1.72. The van der Waals surface area contributed by atoms with Crippen molar-refractivity contribution in [3.8, 4) is 0 Å². The summed E-state index contributed by atoms with van der Waals surface area (Å²) in [6, 6.07) is 0.0224. The van der Waals surface area contributed by atoms with E-state index >= 15 is 0 Å². The standard InChI is InChI=1S/C11H16N2O3/c14-9(5-7-1-3-10(15)12-7)6-8-2-4-11(16)13-8/h7-8H,1-6H2,(H,12,15)(H,13,16). The predicted molar refractivity (Wildman–Crippen MR) is 56.6 cm³/mol. The number of Topliss-reactive ketones (excluding diaryl/α,β-unsaturated/α-hetero) is 1. The van der Waals surface area contributed by atoms with E-state index in [9.17, 15) is 14.4 Å². The van der Waals surface area contributed by atoms with Crippen LogP contribution in [0.3, 0.4) is 0 Å². The Morgan fingerprint density at radius 1 is 1.00 bits per heavy atom. The molecule has 16 heavy (non-hydrogen) atoms. The van der Waals surface area contributed by atoms with E-state index in [1.54, 1.807) is 0 Å². The number of hydrogen-bond acceptors (Lipinski definition) is 3. The zero-order valence-corrected chi connectivity index (χ0v) is 9.12. The van der Waals surface area contributed by atoms with Crippen LogP contribution in [0, 0.1) is 0 Å². The fourth-order valence-corrected chi connectivity index (χ4v) is 2.29. The van der Waals surface area contributed by atoms with Gasteiger partial charge in [0, 0.05) is 37.8 Å². The SMILES string of the molecule is O=C(CC1CCC(=O)N1)CC1CCC(=O)N1. The summed E-state index contributed by atoms with van der Waals surface area (Å²) < 4.78 is 0. The molecule has 5 nitrogen and oxygen atoms in total. The van der Waals surface area contributed by atoms with Crippen molar-refractivity contribution in [3.63, 3.8) is 0 Å². The van der Waals surface area contributed by atoms with Crippen LogP contribution < -0.4 is 10.6 Å². The van der Waals surface area contributed by atoms with Crippen molar-refractivity contribution in [1.82, 2.24) is 10.6 Å². The van der Waals surface area contributed by atoms with Gasteiger partial charge in [-0.05, 0) is 12.8 Å². The minimum absolute atomic E-state index is 0.0112. The van der Waals surface area contributed by atoms with E-state index in [2.05, 4.69) is 10.6 Å². The highest BCUT2D eigenvalue weighted by Crippen LogP contribution is 2.15. The van der Waals surface area contributed by atoms with Crippen LogP contribution in [-0.2, 0) is 14.4 Å². The number of rotatable bonds is 4. The zero-order chi connectivity index (χ0) is 11.5. The first kappa shape index (κ1) is 11.1. The second-order valence-electron chi connectivity index (χ2n) is 4.55. The number of nitrogens with one attached hydrogen (secondary N) is 2. The first-order valence-corrected chi connectivity index (χ1v) is 5.74. The van der Waals surface area contributed by atoms with Crippen molar-refractivity contribution in [2.45, 2.75) is 50.6 Å². The zero-order valence-electron chi connectivity index (χ0n) is 9.12. The molecule has 0 spiro atoms. The van der Waals surface area contributed by atoms with Crippen molar-refractivity contribution < 1.29 is 14.4 Å². The third-order valence-electron chi connectivity index (χ3n) is 3.12. The van der Waals surface area contributed by atoms with Gasteiger partial charge in [0.2, 0.25) is 11.8 Å². The monoisotopic (exact) mass is 224 g/mol. The normalized spacial score (nSPS) is 29.0. The Morgan fingerprint density at radius 2 is 1.44 bits per heavy atom. The summed E-state index contributed by atoms with van der Waals surface area (Å²) in [6.45, 7) is 0. The highest BCUT2D eigenvalue weighted by Gasteiger charge is 2.26. The van der Waals surface area contributed by atoms with Gasteiger partial charge in [-0.15, -0.1) is 0 Å². The van der Waals surface area contributed by atoms with E-state index < -0.39 is 0 Å². The predicted octanol–water partition coefficient (Wildman–Crippen LogP) is -0.107. The maximum absolute atomic E-state index is 11.7. The number of ketones is 1. The molecule has 2 atom stereocenters. The first-order valence-electron chi connectivity index (χ1n) is 5.74. The molecule has 0 radical (unpaired) electrons. The molecule has 0 saturated carbocycles. The van der Waals surface area contributed by atoms with Crippen molar-refractivity contribution >= 4 is 17.6 Å². The molecule has 0 aromatic carbocycles. The summed E-state index contributed by atoms with van der Waals surface area (Å²) in [6.07, 6.45) is 3.36. The lowest BCUT2D eigenvalue weighted by atomic mass is 10.0. The van der Waals surface area contributed by atoms with Gasteiger partial charge < -0.3 is 10.6 Å². The van der Waals surface area contributed by atoms with Gasteiger partial charge in [0.05, 0.1) is 0 Å². The quantitative estimate of drug-likeness (QED) is 0.699. The van der Waals surface area contributed by atoms with Crippen LogP contribution >= 0.6 is 0 Å². The fraction of sp³-hybridized carbons (Fsp3) is 0.727. The van der Waals surface area contributed by atoms with Crippen LogP contribution in [0.1, 0.15) is 38.5 Å². The van der Waals surface area contributed by atoms with E-state index in [0.29, 0.717) is 25.7 Å². The maximum atomic E-state index is 11.7. The minimum atomic E-state index is 0.0112. The highest BCUT2D eigenvalue weighted by atomic mass is 16.2. The van der Waals surface area contributed by atoms with Gasteiger partial charge in [-0.1, -0.05) is 0 Å². The van der Waals surface area contributed by atoms with Gasteiger partial charge in [0.15, 0.2) is 0 Å². The molecule has 2 fully saturated rings. The highest BCUT2D eigenvalue weighted by molar-refractivity contribution is 5.85. The third-order valence-corrected chi connectivity index (χ3v) is 3.12. The van der Waals surface area contributed by atoms with E-state index in [1.807, 2.05) is 0 Å². The van der Waals surface area contributed by atoms with Crippen LogP contribution in [0.4, 0.5) is 0 Å². The summed E-state index contributed by atoms with van der Waals surface area (Å²) in [5, 5.41) is 5.54. The largest absolute Gasteiger partial charge is 0.353 e. The van der Waals surface area contributed by atoms with Crippen molar-refractivity contribution in [2.24, 2.45) is 0 Å². The van der Waals surface area contributed by atoms with E-state index in [-0.39, 0.29) is 29.7 Å². The second-order valence-corrected chi connectivity index (χ2v) is 4.55. The average Bonchev–Trinajstić information content (AvgIpc) is 2.76. The summed E-state index contributed by atoms with van der Waals surface area (Å²) in [7, 11) is 0. The van der Waals surface area contributed by atoms with Gasteiger partial charge in [0.25, 0.3) is 0 Å². The van der Waals surface area contributed by atoms with Crippen LogP contribution in [0.2, 0.25) is 0 Å². The Bertz CT molecular complexity index is 297. The van der Waals surface area contributed by atoms with Gasteiger partial charge in [0.1, 0.15) is 5.78 Å². The number of hydrogen-bond donors (Lipinski definition) is 2. The number of amides is 2. The molecule has 0 aliphatic carbocycles. The van der Waals surface area contributed by atoms with E-state index in [4.69, 9.17) is 0 Å². The van der Waals surface area contributed by atoms with Gasteiger partial charge in [-0.25, -0.2) is 0 Å². The number of carbonyl (C=O) groups excluding carboxylic acids is 3. The van der Waals surface area contributed by atoms with E-state index in [1.165, 1.54) is 0 Å². The Hall–Kier alpha value is -1.39. The summed E-state index contributed by atoms with van der Waals surface area (Å²) >= 11 is 0. The first-order chi connectivity index (χ1) is 7.63. The van der Waals surface area contributed by atoms with Crippen molar-refractivity contribution in [2.75, 3.05) is 0 Å². The lowest BCUT2D eigenvalue weighted by Gasteiger charge is -2.12. The lowest BCUT2D eigenvalue weighted by Crippen LogP contribution is -2.31. The van der Waals surface area contributed by atoms with Crippen LogP contribution in [-0.4, -0.2) is 29.7 Å².